The van der Waals surface area contributed by atoms with Gasteiger partial charge in [-0.25, -0.2) is 4.98 Å². The Morgan fingerprint density at radius 3 is 3.08 bits per heavy atom. The van der Waals surface area contributed by atoms with Crippen LogP contribution in [0.5, 0.6) is 0 Å². The van der Waals surface area contributed by atoms with Crippen LogP contribution in [0.15, 0.2) is 12.3 Å². The molecule has 0 N–H and O–H groups in total. The van der Waals surface area contributed by atoms with Crippen LogP contribution in [0.2, 0.25) is 5.02 Å². The van der Waals surface area contributed by atoms with Crippen molar-refractivity contribution in [3.63, 3.8) is 0 Å². The summed E-state index contributed by atoms with van der Waals surface area (Å²) < 4.78 is 17.0. The van der Waals surface area contributed by atoms with Crippen molar-refractivity contribution in [2.45, 2.75) is 6.42 Å². The first-order chi connectivity index (χ1) is 6.13. The van der Waals surface area contributed by atoms with Gasteiger partial charge in [-0.3, -0.25) is 4.79 Å². The lowest BCUT2D eigenvalue weighted by molar-refractivity contribution is -0.139. The Labute approximate surface area is 79.5 Å². The van der Waals surface area contributed by atoms with Gasteiger partial charge in [0.2, 0.25) is 5.95 Å². The van der Waals surface area contributed by atoms with Crippen LogP contribution in [0, 0.1) is 5.95 Å². The fraction of sp³-hybridized carbons (Fsp3) is 0.250. The number of carbonyl (C=O) groups excluding carboxylic acids is 1. The van der Waals surface area contributed by atoms with Gasteiger partial charge in [0.05, 0.1) is 18.6 Å². The lowest BCUT2D eigenvalue weighted by Gasteiger charge is -2.01. The van der Waals surface area contributed by atoms with Gasteiger partial charge in [0.1, 0.15) is 0 Å². The van der Waals surface area contributed by atoms with E-state index in [4.69, 9.17) is 11.6 Å². The zero-order valence-corrected chi connectivity index (χ0v) is 7.64. The van der Waals surface area contributed by atoms with Crippen molar-refractivity contribution in [2.24, 2.45) is 0 Å². The number of halogens is 2. The van der Waals surface area contributed by atoms with E-state index in [0.29, 0.717) is 5.56 Å². The molecule has 0 aliphatic heterocycles. The maximum atomic E-state index is 12.6. The Kier molecular flexibility index (Phi) is 3.19. The Bertz CT molecular complexity index is 330. The molecular formula is C8H7ClFNO2. The maximum absolute atomic E-state index is 12.6. The highest BCUT2D eigenvalue weighted by atomic mass is 35.5. The molecule has 0 saturated carbocycles. The fourth-order valence-corrected chi connectivity index (χ4v) is 0.985. The molecule has 5 heteroatoms. The van der Waals surface area contributed by atoms with Crippen LogP contribution in [0.1, 0.15) is 5.56 Å². The summed E-state index contributed by atoms with van der Waals surface area (Å²) in [5.74, 6) is -1.13. The molecule has 1 rings (SSSR count). The standard InChI is InChI=1S/C8H7ClFNO2/c1-13-8(12)3-5-2-7(10)11-4-6(5)9/h2,4H,3H2,1H3. The first kappa shape index (κ1) is 9.92. The number of hydrogen-bond acceptors (Lipinski definition) is 3. The number of ether oxygens (including phenoxy) is 1. The number of methoxy groups -OCH3 is 1. The summed E-state index contributed by atoms with van der Waals surface area (Å²) >= 11 is 5.66. The number of rotatable bonds is 2. The molecule has 1 aromatic rings. The van der Waals surface area contributed by atoms with Gasteiger partial charge in [-0.15, -0.1) is 0 Å². The quantitative estimate of drug-likeness (QED) is 0.541. The van der Waals surface area contributed by atoms with Crippen LogP contribution in [0.3, 0.4) is 0 Å². The fourth-order valence-electron chi connectivity index (χ4n) is 0.814. The molecule has 13 heavy (non-hydrogen) atoms. The predicted octanol–water partition coefficient (Wildman–Crippen LogP) is 1.59. The van der Waals surface area contributed by atoms with E-state index in [0.717, 1.165) is 12.3 Å². The highest BCUT2D eigenvalue weighted by Gasteiger charge is 2.08. The molecule has 0 unspecified atom stereocenters. The summed E-state index contributed by atoms with van der Waals surface area (Å²) in [7, 11) is 1.26. The first-order valence-corrected chi connectivity index (χ1v) is 3.88. The van der Waals surface area contributed by atoms with Crippen molar-refractivity contribution in [1.29, 1.82) is 0 Å². The van der Waals surface area contributed by atoms with Gasteiger partial charge in [-0.2, -0.15) is 4.39 Å². The number of esters is 1. The van der Waals surface area contributed by atoms with E-state index in [-0.39, 0.29) is 11.4 Å². The Balaban J connectivity index is 2.87. The van der Waals surface area contributed by atoms with E-state index in [1.165, 1.54) is 7.11 Å². The average molecular weight is 204 g/mol. The zero-order chi connectivity index (χ0) is 9.84. The Morgan fingerprint density at radius 1 is 1.77 bits per heavy atom. The third-order valence-corrected chi connectivity index (χ3v) is 1.80. The highest BCUT2D eigenvalue weighted by molar-refractivity contribution is 6.31. The molecule has 1 aromatic heterocycles. The molecule has 0 fully saturated rings. The summed E-state index contributed by atoms with van der Waals surface area (Å²) in [6.45, 7) is 0. The van der Waals surface area contributed by atoms with Crippen molar-refractivity contribution in [3.8, 4) is 0 Å². The number of pyridine rings is 1. The van der Waals surface area contributed by atoms with Crippen LogP contribution >= 0.6 is 11.6 Å². The molecule has 0 bridgehead atoms. The predicted molar refractivity (Wildman–Crippen MR) is 44.9 cm³/mol. The van der Waals surface area contributed by atoms with Crippen LogP contribution in [-0.2, 0) is 16.0 Å². The van der Waals surface area contributed by atoms with E-state index in [2.05, 4.69) is 9.72 Å². The molecule has 70 valence electrons. The first-order valence-electron chi connectivity index (χ1n) is 3.50. The van der Waals surface area contributed by atoms with E-state index in [1.807, 2.05) is 0 Å². The van der Waals surface area contributed by atoms with Gasteiger partial charge in [-0.1, -0.05) is 11.6 Å². The molecule has 0 spiro atoms. The minimum atomic E-state index is -0.664. The van der Waals surface area contributed by atoms with Crippen molar-refractivity contribution >= 4 is 17.6 Å². The molecule has 0 radical (unpaired) electrons. The van der Waals surface area contributed by atoms with Gasteiger partial charge in [0, 0.05) is 6.20 Å². The van der Waals surface area contributed by atoms with Crippen LogP contribution < -0.4 is 0 Å². The van der Waals surface area contributed by atoms with Crippen LogP contribution in [-0.4, -0.2) is 18.1 Å². The van der Waals surface area contributed by atoms with Gasteiger partial charge in [-0.05, 0) is 11.6 Å². The SMILES string of the molecule is COC(=O)Cc1cc(F)ncc1Cl. The largest absolute Gasteiger partial charge is 0.469 e. The topological polar surface area (TPSA) is 39.2 Å². The van der Waals surface area contributed by atoms with E-state index < -0.39 is 11.9 Å². The lowest BCUT2D eigenvalue weighted by atomic mass is 10.2. The van der Waals surface area contributed by atoms with Crippen LogP contribution in [0.25, 0.3) is 0 Å². The normalized spacial score (nSPS) is 9.77. The number of carbonyl (C=O) groups is 1. The monoisotopic (exact) mass is 203 g/mol. The molecule has 0 aromatic carbocycles. The lowest BCUT2D eigenvalue weighted by Crippen LogP contribution is -2.05. The smallest absolute Gasteiger partial charge is 0.310 e. The van der Waals surface area contributed by atoms with Gasteiger partial charge >= 0.3 is 5.97 Å². The van der Waals surface area contributed by atoms with Crippen molar-refractivity contribution in [3.05, 3.63) is 28.8 Å². The number of aromatic nitrogens is 1. The van der Waals surface area contributed by atoms with Gasteiger partial charge in [0.15, 0.2) is 0 Å². The average Bonchev–Trinajstić information content (AvgIpc) is 2.11. The molecule has 3 nitrogen and oxygen atoms in total. The third-order valence-electron chi connectivity index (χ3n) is 1.46. The second-order valence-electron chi connectivity index (χ2n) is 2.35. The zero-order valence-electron chi connectivity index (χ0n) is 6.88. The Morgan fingerprint density at radius 2 is 2.46 bits per heavy atom. The second kappa shape index (κ2) is 4.18. The van der Waals surface area contributed by atoms with E-state index in [9.17, 15) is 9.18 Å². The minimum Gasteiger partial charge on any atom is -0.469 e. The van der Waals surface area contributed by atoms with Crippen molar-refractivity contribution in [1.82, 2.24) is 4.98 Å². The van der Waals surface area contributed by atoms with Gasteiger partial charge < -0.3 is 4.74 Å². The molecule has 0 amide bonds. The highest BCUT2D eigenvalue weighted by Crippen LogP contribution is 2.15. The summed E-state index contributed by atoms with van der Waals surface area (Å²) in [5, 5.41) is 0.256. The summed E-state index contributed by atoms with van der Waals surface area (Å²) in [5.41, 5.74) is 0.376. The molecule has 0 saturated heterocycles. The van der Waals surface area contributed by atoms with E-state index >= 15 is 0 Å². The summed E-state index contributed by atoms with van der Waals surface area (Å²) in [4.78, 5) is 14.1. The van der Waals surface area contributed by atoms with Crippen LogP contribution in [0.4, 0.5) is 4.39 Å². The molecule has 1 heterocycles. The molecule has 0 aliphatic carbocycles. The summed E-state index contributed by atoms with van der Waals surface area (Å²) in [6, 6.07) is 1.11. The molecule has 0 aliphatic rings. The van der Waals surface area contributed by atoms with Gasteiger partial charge in [0.25, 0.3) is 0 Å². The maximum Gasteiger partial charge on any atom is 0.310 e. The molecular weight excluding hydrogens is 197 g/mol. The van der Waals surface area contributed by atoms with Crippen molar-refractivity contribution < 1.29 is 13.9 Å². The van der Waals surface area contributed by atoms with E-state index in [1.54, 1.807) is 0 Å². The number of nitrogens with zero attached hydrogens (tertiary/aromatic N) is 1. The molecule has 0 atom stereocenters. The third kappa shape index (κ3) is 2.66. The number of hydrogen-bond donors (Lipinski definition) is 0. The van der Waals surface area contributed by atoms with Crippen molar-refractivity contribution in [2.75, 3.05) is 7.11 Å². The second-order valence-corrected chi connectivity index (χ2v) is 2.76. The minimum absolute atomic E-state index is 0.0469. The Hall–Kier alpha value is -1.16. The summed E-state index contributed by atoms with van der Waals surface area (Å²) in [6.07, 6.45) is 1.12.